The Hall–Kier alpha value is -2.00. The van der Waals surface area contributed by atoms with E-state index >= 15 is 0 Å². The van der Waals surface area contributed by atoms with Gasteiger partial charge in [-0.1, -0.05) is 42.5 Å². The van der Waals surface area contributed by atoms with Gasteiger partial charge in [-0.15, -0.1) is 11.6 Å². The molecule has 1 aliphatic heterocycles. The molecule has 4 heteroatoms. The largest absolute Gasteiger partial charge is 0.497 e. The fourth-order valence-electron chi connectivity index (χ4n) is 3.36. The molecule has 0 unspecified atom stereocenters. The Balaban J connectivity index is 1.78. The first-order chi connectivity index (χ1) is 11.7. The van der Waals surface area contributed by atoms with Gasteiger partial charge in [-0.05, 0) is 36.1 Å². The van der Waals surface area contributed by atoms with Gasteiger partial charge in [-0.2, -0.15) is 0 Å². The van der Waals surface area contributed by atoms with Gasteiger partial charge >= 0.3 is 0 Å². The number of carbonyl (C=O) groups is 1. The summed E-state index contributed by atoms with van der Waals surface area (Å²) in [6, 6.07) is 18.3. The van der Waals surface area contributed by atoms with Gasteiger partial charge in [-0.25, -0.2) is 0 Å². The van der Waals surface area contributed by atoms with E-state index in [1.807, 2.05) is 47.4 Å². The molecule has 0 aromatic heterocycles. The minimum Gasteiger partial charge on any atom is -0.497 e. The van der Waals surface area contributed by atoms with Crippen molar-refractivity contribution in [3.05, 3.63) is 65.7 Å². The summed E-state index contributed by atoms with van der Waals surface area (Å²) in [4.78, 5) is 14.6. The Kier molecular flexibility index (Phi) is 5.41. The second-order valence-corrected chi connectivity index (χ2v) is 6.49. The average molecular weight is 344 g/mol. The number of nitrogens with zero attached hydrogens (tertiary/aromatic N) is 1. The van der Waals surface area contributed by atoms with Gasteiger partial charge in [0.15, 0.2) is 0 Å². The predicted molar refractivity (Wildman–Crippen MR) is 96.2 cm³/mol. The number of hydrogen-bond donors (Lipinski definition) is 0. The molecular formula is C20H22ClNO2. The molecule has 1 fully saturated rings. The number of carbonyl (C=O) groups excluding carboxylic acids is 1. The molecule has 2 aromatic carbocycles. The molecule has 2 atom stereocenters. The zero-order chi connectivity index (χ0) is 16.9. The lowest BCUT2D eigenvalue weighted by atomic mass is 9.79. The van der Waals surface area contributed by atoms with E-state index < -0.39 is 0 Å². The molecule has 24 heavy (non-hydrogen) atoms. The van der Waals surface area contributed by atoms with Crippen molar-refractivity contribution in [1.82, 2.24) is 4.90 Å². The maximum Gasteiger partial charge on any atom is 0.228 e. The molecule has 1 saturated heterocycles. The van der Waals surface area contributed by atoms with Crippen molar-refractivity contribution in [1.29, 1.82) is 0 Å². The van der Waals surface area contributed by atoms with Crippen LogP contribution in [0.5, 0.6) is 5.75 Å². The van der Waals surface area contributed by atoms with Crippen LogP contribution in [0.15, 0.2) is 54.6 Å². The van der Waals surface area contributed by atoms with Crippen LogP contribution >= 0.6 is 11.6 Å². The number of halogens is 1. The fourth-order valence-corrected chi connectivity index (χ4v) is 3.52. The van der Waals surface area contributed by atoms with E-state index in [4.69, 9.17) is 16.3 Å². The maximum absolute atomic E-state index is 12.6. The van der Waals surface area contributed by atoms with Gasteiger partial charge in [0.1, 0.15) is 5.75 Å². The third-order valence-electron chi connectivity index (χ3n) is 4.62. The number of likely N-dealkylation sites (tertiary alicyclic amines) is 1. The lowest BCUT2D eigenvalue weighted by Crippen LogP contribution is -2.54. The maximum atomic E-state index is 12.6. The first kappa shape index (κ1) is 16.8. The van der Waals surface area contributed by atoms with E-state index in [0.717, 1.165) is 24.2 Å². The molecule has 3 rings (SSSR count). The van der Waals surface area contributed by atoms with Gasteiger partial charge < -0.3 is 9.64 Å². The SMILES string of the molecule is COc1ccc(CN2C(=O)[C@H](CCCCl)[C@H]2c2ccccc2)cc1. The topological polar surface area (TPSA) is 29.5 Å². The molecule has 1 amide bonds. The highest BCUT2D eigenvalue weighted by atomic mass is 35.5. The van der Waals surface area contributed by atoms with E-state index in [2.05, 4.69) is 12.1 Å². The minimum atomic E-state index is 0.0457. The normalized spacial score (nSPS) is 19.9. The van der Waals surface area contributed by atoms with Crippen LogP contribution in [-0.2, 0) is 11.3 Å². The molecule has 0 N–H and O–H groups in total. The van der Waals surface area contributed by atoms with Crippen molar-refractivity contribution in [2.75, 3.05) is 13.0 Å². The summed E-state index contributed by atoms with van der Waals surface area (Å²) in [6.45, 7) is 0.625. The van der Waals surface area contributed by atoms with Crippen LogP contribution in [0.3, 0.4) is 0 Å². The van der Waals surface area contributed by atoms with Crippen molar-refractivity contribution in [2.45, 2.75) is 25.4 Å². The Morgan fingerprint density at radius 2 is 1.79 bits per heavy atom. The molecule has 0 aliphatic carbocycles. The number of alkyl halides is 1. The van der Waals surface area contributed by atoms with Crippen LogP contribution in [0.1, 0.15) is 30.0 Å². The van der Waals surface area contributed by atoms with Crippen LogP contribution in [-0.4, -0.2) is 23.8 Å². The van der Waals surface area contributed by atoms with Crippen LogP contribution in [0.2, 0.25) is 0 Å². The van der Waals surface area contributed by atoms with Crippen molar-refractivity contribution in [3.8, 4) is 5.75 Å². The standard InChI is InChI=1S/C20H22ClNO2/c1-24-17-11-9-15(10-12-17)14-22-19(16-6-3-2-4-7-16)18(20(22)23)8-5-13-21/h2-4,6-7,9-12,18-19H,5,8,13-14H2,1H3/t18-,19-/m1/s1. The van der Waals surface area contributed by atoms with Crippen LogP contribution in [0.25, 0.3) is 0 Å². The van der Waals surface area contributed by atoms with Crippen molar-refractivity contribution < 1.29 is 9.53 Å². The van der Waals surface area contributed by atoms with Crippen LogP contribution < -0.4 is 4.74 Å². The smallest absolute Gasteiger partial charge is 0.228 e. The number of ether oxygens (including phenoxy) is 1. The third-order valence-corrected chi connectivity index (χ3v) is 4.89. The molecule has 0 radical (unpaired) electrons. The molecule has 3 nitrogen and oxygen atoms in total. The summed E-state index contributed by atoms with van der Waals surface area (Å²) < 4.78 is 5.19. The highest BCUT2D eigenvalue weighted by Crippen LogP contribution is 2.43. The Bertz CT molecular complexity index is 672. The third kappa shape index (κ3) is 3.41. The molecule has 0 spiro atoms. The van der Waals surface area contributed by atoms with E-state index in [-0.39, 0.29) is 17.9 Å². The monoisotopic (exact) mass is 343 g/mol. The van der Waals surface area contributed by atoms with Crippen LogP contribution in [0, 0.1) is 5.92 Å². The van der Waals surface area contributed by atoms with E-state index in [1.165, 1.54) is 5.56 Å². The number of β-lactam (4-membered cyclic amide) rings is 1. The summed E-state index contributed by atoms with van der Waals surface area (Å²) >= 11 is 5.83. The fraction of sp³-hybridized carbons (Fsp3) is 0.350. The van der Waals surface area contributed by atoms with Gasteiger partial charge in [0, 0.05) is 12.4 Å². The molecule has 0 bridgehead atoms. The summed E-state index contributed by atoms with van der Waals surface area (Å²) in [7, 11) is 1.65. The summed E-state index contributed by atoms with van der Waals surface area (Å²) in [6.07, 6.45) is 1.72. The number of hydrogen-bond acceptors (Lipinski definition) is 2. The minimum absolute atomic E-state index is 0.0457. The Morgan fingerprint density at radius 3 is 2.42 bits per heavy atom. The highest BCUT2D eigenvalue weighted by molar-refractivity contribution is 6.17. The zero-order valence-electron chi connectivity index (χ0n) is 13.8. The lowest BCUT2D eigenvalue weighted by Gasteiger charge is -2.48. The second-order valence-electron chi connectivity index (χ2n) is 6.11. The Morgan fingerprint density at radius 1 is 1.08 bits per heavy atom. The molecule has 1 heterocycles. The van der Waals surface area contributed by atoms with Crippen LogP contribution in [0.4, 0.5) is 0 Å². The van der Waals surface area contributed by atoms with Crippen molar-refractivity contribution >= 4 is 17.5 Å². The lowest BCUT2D eigenvalue weighted by molar-refractivity contribution is -0.158. The number of benzene rings is 2. The van der Waals surface area contributed by atoms with Gasteiger partial charge in [0.05, 0.1) is 19.1 Å². The van der Waals surface area contributed by atoms with Gasteiger partial charge in [0.2, 0.25) is 5.91 Å². The molecule has 2 aromatic rings. The molecule has 1 aliphatic rings. The molecule has 126 valence electrons. The summed E-state index contributed by atoms with van der Waals surface area (Å²) in [5.41, 5.74) is 2.31. The molecule has 0 saturated carbocycles. The first-order valence-corrected chi connectivity index (χ1v) is 8.82. The Labute approximate surface area is 148 Å². The first-order valence-electron chi connectivity index (χ1n) is 8.29. The molecular weight excluding hydrogens is 322 g/mol. The van der Waals surface area contributed by atoms with E-state index in [0.29, 0.717) is 12.4 Å². The van der Waals surface area contributed by atoms with Crippen molar-refractivity contribution in [3.63, 3.8) is 0 Å². The number of methoxy groups -OCH3 is 1. The van der Waals surface area contributed by atoms with E-state index in [9.17, 15) is 4.79 Å². The quantitative estimate of drug-likeness (QED) is 0.550. The predicted octanol–water partition coefficient (Wildman–Crippen LogP) is 4.41. The number of rotatable bonds is 7. The van der Waals surface area contributed by atoms with Gasteiger partial charge in [0.25, 0.3) is 0 Å². The van der Waals surface area contributed by atoms with E-state index in [1.54, 1.807) is 7.11 Å². The second kappa shape index (κ2) is 7.71. The number of amides is 1. The van der Waals surface area contributed by atoms with Gasteiger partial charge in [-0.3, -0.25) is 4.79 Å². The summed E-state index contributed by atoms with van der Waals surface area (Å²) in [5.74, 6) is 1.70. The average Bonchev–Trinajstić information content (AvgIpc) is 2.64. The summed E-state index contributed by atoms with van der Waals surface area (Å²) in [5, 5.41) is 0. The highest BCUT2D eigenvalue weighted by Gasteiger charge is 2.46. The van der Waals surface area contributed by atoms with Crippen molar-refractivity contribution in [2.24, 2.45) is 5.92 Å². The zero-order valence-corrected chi connectivity index (χ0v) is 14.6.